The Morgan fingerprint density at radius 3 is 2.41 bits per heavy atom. The second-order valence-corrected chi connectivity index (χ2v) is 5.14. The van der Waals surface area contributed by atoms with E-state index in [4.69, 9.17) is 0 Å². The largest absolute Gasteiger partial charge is 0.338 e. The number of carbonyl (C=O) groups is 3. The zero-order valence-corrected chi connectivity index (χ0v) is 10.2. The summed E-state index contributed by atoms with van der Waals surface area (Å²) in [6.07, 6.45) is 0. The van der Waals surface area contributed by atoms with Gasteiger partial charge in [-0.1, -0.05) is 20.8 Å². The van der Waals surface area contributed by atoms with E-state index < -0.39 is 18.0 Å². The van der Waals surface area contributed by atoms with Crippen LogP contribution in [-0.2, 0) is 4.79 Å². The number of carbonyl (C=O) groups excluding carboxylic acids is 3. The van der Waals surface area contributed by atoms with Gasteiger partial charge in [0, 0.05) is 13.1 Å². The number of hydrogen-bond donors (Lipinski definition) is 4. The Bertz CT molecular complexity index is 335. The van der Waals surface area contributed by atoms with Crippen LogP contribution in [0.15, 0.2) is 0 Å². The molecule has 5 amide bonds. The molecule has 7 nitrogen and oxygen atoms in total. The molecule has 1 aliphatic heterocycles. The topological polar surface area (TPSA) is 99.3 Å². The number of amides is 5. The monoisotopic (exact) mass is 242 g/mol. The summed E-state index contributed by atoms with van der Waals surface area (Å²) in [4.78, 5) is 33.3. The predicted molar refractivity (Wildman–Crippen MR) is 61.3 cm³/mol. The van der Waals surface area contributed by atoms with Crippen LogP contribution in [0, 0.1) is 5.41 Å². The summed E-state index contributed by atoms with van der Waals surface area (Å²) in [5.74, 6) is -0.425. The van der Waals surface area contributed by atoms with Crippen molar-refractivity contribution in [3.8, 4) is 0 Å². The molecule has 0 aromatic rings. The molecule has 0 aromatic carbocycles. The quantitative estimate of drug-likeness (QED) is 0.504. The van der Waals surface area contributed by atoms with E-state index in [1.54, 1.807) is 0 Å². The van der Waals surface area contributed by atoms with E-state index in [9.17, 15) is 14.4 Å². The van der Waals surface area contributed by atoms with Crippen molar-refractivity contribution < 1.29 is 14.4 Å². The summed E-state index contributed by atoms with van der Waals surface area (Å²) >= 11 is 0. The van der Waals surface area contributed by atoms with Crippen molar-refractivity contribution in [2.45, 2.75) is 26.8 Å². The highest BCUT2D eigenvalue weighted by molar-refractivity contribution is 6.04. The number of hydrogen-bond acceptors (Lipinski definition) is 3. The molecule has 7 heteroatoms. The van der Waals surface area contributed by atoms with Crippen LogP contribution in [-0.4, -0.2) is 37.1 Å². The van der Waals surface area contributed by atoms with Crippen LogP contribution in [0.5, 0.6) is 0 Å². The van der Waals surface area contributed by atoms with Gasteiger partial charge in [-0.25, -0.2) is 9.59 Å². The van der Waals surface area contributed by atoms with Gasteiger partial charge in [0.25, 0.3) is 5.91 Å². The third kappa shape index (κ3) is 4.71. The van der Waals surface area contributed by atoms with Gasteiger partial charge in [0.1, 0.15) is 6.04 Å². The zero-order valence-electron chi connectivity index (χ0n) is 10.2. The summed E-state index contributed by atoms with van der Waals surface area (Å²) in [6.45, 7) is 6.60. The van der Waals surface area contributed by atoms with Crippen LogP contribution in [0.1, 0.15) is 20.8 Å². The molecule has 0 aromatic heterocycles. The van der Waals surface area contributed by atoms with Crippen LogP contribution in [0.2, 0.25) is 0 Å². The highest BCUT2D eigenvalue weighted by Gasteiger charge is 2.29. The standard InChI is InChI=1S/C10H18N4O3/c1-10(2,3)5-12-8(16)11-4-6-7(15)14-9(17)13-6/h6H,4-5H2,1-3H3,(H2,11,12,16)(H2,13,14,15,17). The lowest BCUT2D eigenvalue weighted by Crippen LogP contribution is -2.46. The zero-order chi connectivity index (χ0) is 13.1. The van der Waals surface area contributed by atoms with E-state index in [2.05, 4.69) is 21.3 Å². The number of rotatable bonds is 3. The molecule has 0 spiro atoms. The van der Waals surface area contributed by atoms with Crippen molar-refractivity contribution in [3.63, 3.8) is 0 Å². The summed E-state index contributed by atoms with van der Waals surface area (Å²) in [6, 6.07) is -1.58. The molecular formula is C10H18N4O3. The van der Waals surface area contributed by atoms with E-state index in [-0.39, 0.29) is 18.0 Å². The number of imide groups is 1. The Morgan fingerprint density at radius 2 is 1.94 bits per heavy atom. The Labute approximate surface area is 99.7 Å². The van der Waals surface area contributed by atoms with Gasteiger partial charge in [0.2, 0.25) is 0 Å². The molecule has 1 atom stereocenters. The molecule has 1 saturated heterocycles. The van der Waals surface area contributed by atoms with E-state index >= 15 is 0 Å². The maximum Gasteiger partial charge on any atom is 0.322 e. The van der Waals surface area contributed by atoms with Gasteiger partial charge in [0.15, 0.2) is 0 Å². The molecule has 1 heterocycles. The van der Waals surface area contributed by atoms with Gasteiger partial charge in [-0.05, 0) is 5.41 Å². The molecule has 1 unspecified atom stereocenters. The molecule has 4 N–H and O–H groups in total. The van der Waals surface area contributed by atoms with E-state index in [1.165, 1.54) is 0 Å². The Kier molecular flexibility index (Phi) is 3.93. The number of urea groups is 2. The Balaban J connectivity index is 2.24. The first kappa shape index (κ1) is 13.3. The lowest BCUT2D eigenvalue weighted by atomic mass is 9.97. The maximum atomic E-state index is 11.4. The van der Waals surface area contributed by atoms with E-state index in [1.807, 2.05) is 20.8 Å². The first-order valence-corrected chi connectivity index (χ1v) is 5.41. The van der Waals surface area contributed by atoms with Crippen LogP contribution in [0.25, 0.3) is 0 Å². The average molecular weight is 242 g/mol. The minimum atomic E-state index is -0.692. The minimum Gasteiger partial charge on any atom is -0.338 e. The Hall–Kier alpha value is -1.79. The second kappa shape index (κ2) is 5.03. The molecule has 0 saturated carbocycles. The smallest absolute Gasteiger partial charge is 0.322 e. The lowest BCUT2D eigenvalue weighted by molar-refractivity contribution is -0.120. The molecule has 1 rings (SSSR count). The minimum absolute atomic E-state index is 0.00368. The highest BCUT2D eigenvalue weighted by atomic mass is 16.2. The molecule has 0 radical (unpaired) electrons. The highest BCUT2D eigenvalue weighted by Crippen LogP contribution is 2.09. The summed E-state index contributed by atoms with van der Waals surface area (Å²) in [5.41, 5.74) is -0.00368. The fourth-order valence-corrected chi connectivity index (χ4v) is 1.21. The SMILES string of the molecule is CC(C)(C)CNC(=O)NCC1NC(=O)NC1=O. The lowest BCUT2D eigenvalue weighted by Gasteiger charge is -2.19. The fraction of sp³-hybridized carbons (Fsp3) is 0.700. The van der Waals surface area contributed by atoms with Crippen LogP contribution in [0.4, 0.5) is 9.59 Å². The van der Waals surface area contributed by atoms with Gasteiger partial charge in [-0.3, -0.25) is 10.1 Å². The van der Waals surface area contributed by atoms with Crippen molar-refractivity contribution in [1.29, 1.82) is 0 Å². The van der Waals surface area contributed by atoms with Crippen molar-refractivity contribution >= 4 is 18.0 Å². The molecule has 17 heavy (non-hydrogen) atoms. The van der Waals surface area contributed by atoms with E-state index in [0.717, 1.165) is 0 Å². The van der Waals surface area contributed by atoms with Gasteiger partial charge in [0.05, 0.1) is 0 Å². The summed E-state index contributed by atoms with van der Waals surface area (Å²) in [5, 5.41) is 9.68. The normalized spacial score (nSPS) is 19.6. The van der Waals surface area contributed by atoms with Crippen molar-refractivity contribution in [3.05, 3.63) is 0 Å². The first-order chi connectivity index (χ1) is 7.78. The average Bonchev–Trinajstić information content (AvgIpc) is 2.50. The Morgan fingerprint density at radius 1 is 1.29 bits per heavy atom. The molecule has 0 bridgehead atoms. The molecule has 1 aliphatic rings. The van der Waals surface area contributed by atoms with Gasteiger partial charge >= 0.3 is 12.1 Å². The van der Waals surface area contributed by atoms with Gasteiger partial charge < -0.3 is 16.0 Å². The van der Waals surface area contributed by atoms with Crippen LogP contribution < -0.4 is 21.3 Å². The third-order valence-electron chi connectivity index (χ3n) is 2.10. The molecule has 0 aliphatic carbocycles. The van der Waals surface area contributed by atoms with Crippen LogP contribution >= 0.6 is 0 Å². The maximum absolute atomic E-state index is 11.4. The first-order valence-electron chi connectivity index (χ1n) is 5.41. The van der Waals surface area contributed by atoms with E-state index in [0.29, 0.717) is 6.54 Å². The predicted octanol–water partition coefficient (Wildman–Crippen LogP) is -0.460. The van der Waals surface area contributed by atoms with Gasteiger partial charge in [-0.15, -0.1) is 0 Å². The summed E-state index contributed by atoms with van der Waals surface area (Å²) < 4.78 is 0. The van der Waals surface area contributed by atoms with Crippen molar-refractivity contribution in [2.24, 2.45) is 5.41 Å². The molecular weight excluding hydrogens is 224 g/mol. The molecule has 96 valence electrons. The fourth-order valence-electron chi connectivity index (χ4n) is 1.21. The van der Waals surface area contributed by atoms with Crippen LogP contribution in [0.3, 0.4) is 0 Å². The number of nitrogens with one attached hydrogen (secondary N) is 4. The molecule has 1 fully saturated rings. The van der Waals surface area contributed by atoms with Crippen molar-refractivity contribution in [2.75, 3.05) is 13.1 Å². The summed E-state index contributed by atoms with van der Waals surface area (Å²) in [7, 11) is 0. The van der Waals surface area contributed by atoms with Gasteiger partial charge in [-0.2, -0.15) is 0 Å². The third-order valence-corrected chi connectivity index (χ3v) is 2.10. The second-order valence-electron chi connectivity index (χ2n) is 5.14. The van der Waals surface area contributed by atoms with Crippen molar-refractivity contribution in [1.82, 2.24) is 21.3 Å².